The van der Waals surface area contributed by atoms with Gasteiger partial charge in [0.1, 0.15) is 5.69 Å². The molecule has 0 aromatic heterocycles. The van der Waals surface area contributed by atoms with Gasteiger partial charge < -0.3 is 5.43 Å². The highest BCUT2D eigenvalue weighted by Gasteiger charge is 2.25. The second kappa shape index (κ2) is 7.46. The molecule has 0 aliphatic heterocycles. The maximum Gasteiger partial charge on any atom is 0.187 e. The smallest absolute Gasteiger partial charge is 0.187 e. The number of hydrogen-bond acceptors (Lipinski definition) is 2. The summed E-state index contributed by atoms with van der Waals surface area (Å²) in [7, 11) is 0. The van der Waals surface area contributed by atoms with Crippen molar-refractivity contribution in [2.24, 2.45) is 5.84 Å². The van der Waals surface area contributed by atoms with Gasteiger partial charge in [-0.15, -0.1) is 0 Å². The molecule has 0 saturated heterocycles. The van der Waals surface area contributed by atoms with Crippen LogP contribution in [0.3, 0.4) is 0 Å². The first-order chi connectivity index (χ1) is 11.0. The Kier molecular flexibility index (Phi) is 5.60. The maximum absolute atomic E-state index is 14.0. The van der Waals surface area contributed by atoms with Crippen molar-refractivity contribution < 1.29 is 17.6 Å². The van der Waals surface area contributed by atoms with Gasteiger partial charge in [-0.25, -0.2) is 17.6 Å². The molecular formula is C17H18F4N2. The summed E-state index contributed by atoms with van der Waals surface area (Å²) in [5, 5.41) is 0. The van der Waals surface area contributed by atoms with Gasteiger partial charge in [0.25, 0.3) is 0 Å². The van der Waals surface area contributed by atoms with Crippen LogP contribution in [0.4, 0.5) is 23.2 Å². The number of halogens is 4. The molecule has 2 aromatic rings. The van der Waals surface area contributed by atoms with E-state index in [1.54, 1.807) is 17.6 Å². The number of aryl methyl sites for hydroxylation is 1. The van der Waals surface area contributed by atoms with E-state index >= 15 is 0 Å². The van der Waals surface area contributed by atoms with Gasteiger partial charge in [0.2, 0.25) is 0 Å². The van der Waals surface area contributed by atoms with E-state index in [-0.39, 0.29) is 5.56 Å². The molecule has 0 amide bonds. The minimum Gasteiger partial charge on any atom is -0.319 e. The lowest BCUT2D eigenvalue weighted by atomic mass is 9.99. The highest BCUT2D eigenvalue weighted by atomic mass is 19.2. The van der Waals surface area contributed by atoms with E-state index in [1.165, 1.54) is 12.1 Å². The molecule has 0 saturated carbocycles. The van der Waals surface area contributed by atoms with Crippen LogP contribution in [0, 0.1) is 23.3 Å². The quantitative estimate of drug-likeness (QED) is 0.260. The summed E-state index contributed by atoms with van der Waals surface area (Å²) in [6.45, 7) is 2.09. The largest absolute Gasteiger partial charge is 0.319 e. The number of anilines is 1. The highest BCUT2D eigenvalue weighted by molar-refractivity contribution is 5.69. The number of nitrogens with one attached hydrogen (secondary N) is 1. The predicted octanol–water partition coefficient (Wildman–Crippen LogP) is 4.93. The van der Waals surface area contributed by atoms with E-state index < -0.39 is 34.5 Å². The molecule has 0 heterocycles. The fraction of sp³-hybridized carbons (Fsp3) is 0.294. The van der Waals surface area contributed by atoms with Gasteiger partial charge in [0.15, 0.2) is 23.3 Å². The zero-order valence-electron chi connectivity index (χ0n) is 12.7. The third-order valence-electron chi connectivity index (χ3n) is 3.72. The summed E-state index contributed by atoms with van der Waals surface area (Å²) in [5.74, 6) is -1.16. The van der Waals surface area contributed by atoms with Gasteiger partial charge in [0, 0.05) is 0 Å². The van der Waals surface area contributed by atoms with Gasteiger partial charge in [-0.3, -0.25) is 5.84 Å². The Hall–Kier alpha value is -2.08. The molecule has 0 spiro atoms. The first-order valence-corrected chi connectivity index (χ1v) is 7.43. The van der Waals surface area contributed by atoms with E-state index in [0.29, 0.717) is 0 Å². The van der Waals surface area contributed by atoms with E-state index in [2.05, 4.69) is 6.92 Å². The molecule has 2 aromatic carbocycles. The Morgan fingerprint density at radius 1 is 0.870 bits per heavy atom. The normalized spacial score (nSPS) is 10.9. The number of nitrogen functional groups attached to an aromatic ring is 1. The van der Waals surface area contributed by atoms with Crippen LogP contribution < -0.4 is 11.3 Å². The van der Waals surface area contributed by atoms with Crippen molar-refractivity contribution >= 4 is 5.69 Å². The summed E-state index contributed by atoms with van der Waals surface area (Å²) in [4.78, 5) is 0. The topological polar surface area (TPSA) is 38.0 Å². The van der Waals surface area contributed by atoms with Gasteiger partial charge in [-0.05, 0) is 24.0 Å². The number of benzene rings is 2. The Bertz CT molecular complexity index is 655. The van der Waals surface area contributed by atoms with Crippen LogP contribution in [0.1, 0.15) is 31.7 Å². The van der Waals surface area contributed by atoms with Crippen LogP contribution in [0.5, 0.6) is 0 Å². The van der Waals surface area contributed by atoms with Crippen molar-refractivity contribution in [3.8, 4) is 11.1 Å². The van der Waals surface area contributed by atoms with Crippen LogP contribution >= 0.6 is 0 Å². The highest BCUT2D eigenvalue weighted by Crippen LogP contribution is 2.34. The van der Waals surface area contributed by atoms with Crippen LogP contribution in [0.15, 0.2) is 24.3 Å². The van der Waals surface area contributed by atoms with E-state index in [9.17, 15) is 17.6 Å². The lowest BCUT2D eigenvalue weighted by Gasteiger charge is -2.12. The van der Waals surface area contributed by atoms with Crippen LogP contribution in [-0.4, -0.2) is 0 Å². The molecular weight excluding hydrogens is 308 g/mol. The van der Waals surface area contributed by atoms with Gasteiger partial charge in [-0.1, -0.05) is 44.0 Å². The number of hydrogen-bond donors (Lipinski definition) is 2. The van der Waals surface area contributed by atoms with Crippen LogP contribution in [0.25, 0.3) is 11.1 Å². The molecule has 124 valence electrons. The second-order valence-corrected chi connectivity index (χ2v) is 5.30. The first-order valence-electron chi connectivity index (χ1n) is 7.43. The molecule has 0 aliphatic carbocycles. The monoisotopic (exact) mass is 326 g/mol. The zero-order valence-corrected chi connectivity index (χ0v) is 12.7. The first kappa shape index (κ1) is 17.3. The lowest BCUT2D eigenvalue weighted by Crippen LogP contribution is -2.14. The Morgan fingerprint density at radius 2 is 1.43 bits per heavy atom. The number of unbranched alkanes of at least 4 members (excludes halogenated alkanes) is 2. The van der Waals surface area contributed by atoms with Crippen LogP contribution in [0.2, 0.25) is 0 Å². The van der Waals surface area contributed by atoms with Crippen molar-refractivity contribution in [3.63, 3.8) is 0 Å². The summed E-state index contributed by atoms with van der Waals surface area (Å²) < 4.78 is 55.6. The molecule has 6 heteroatoms. The average Bonchev–Trinajstić information content (AvgIpc) is 2.55. The zero-order chi connectivity index (χ0) is 17.0. The molecule has 23 heavy (non-hydrogen) atoms. The van der Waals surface area contributed by atoms with E-state index in [1.807, 2.05) is 0 Å². The summed E-state index contributed by atoms with van der Waals surface area (Å²) in [6, 6.07) is 6.32. The number of nitrogens with two attached hydrogens (primary N) is 1. The molecule has 0 bridgehead atoms. The molecule has 0 atom stereocenters. The summed E-state index contributed by atoms with van der Waals surface area (Å²) >= 11 is 0. The maximum atomic E-state index is 14.0. The summed E-state index contributed by atoms with van der Waals surface area (Å²) in [5.41, 5.74) is 0.941. The van der Waals surface area contributed by atoms with Crippen molar-refractivity contribution in [2.75, 3.05) is 5.43 Å². The standard InChI is InChI=1S/C17H18F4N2/c1-2-3-4-5-10-6-8-11(9-7-10)12-13(18)15(20)17(23-22)16(21)14(12)19/h6-9,23H,2-5,22H2,1H3. The Morgan fingerprint density at radius 3 is 1.91 bits per heavy atom. The SMILES string of the molecule is CCCCCc1ccc(-c2c(F)c(F)c(NN)c(F)c2F)cc1. The predicted molar refractivity (Wildman–Crippen MR) is 82.7 cm³/mol. The minimum absolute atomic E-state index is 0.0700. The Balaban J connectivity index is 2.39. The van der Waals surface area contributed by atoms with E-state index in [0.717, 1.165) is 31.2 Å². The summed E-state index contributed by atoms with van der Waals surface area (Å²) in [6.07, 6.45) is 4.04. The van der Waals surface area contributed by atoms with Gasteiger partial charge in [-0.2, -0.15) is 0 Å². The van der Waals surface area contributed by atoms with Crippen molar-refractivity contribution in [2.45, 2.75) is 32.6 Å². The molecule has 0 aliphatic rings. The number of rotatable bonds is 6. The minimum atomic E-state index is -1.55. The Labute approximate surface area is 132 Å². The second-order valence-electron chi connectivity index (χ2n) is 5.30. The number of hydrazine groups is 1. The van der Waals surface area contributed by atoms with Crippen molar-refractivity contribution in [3.05, 3.63) is 53.1 Å². The van der Waals surface area contributed by atoms with Crippen molar-refractivity contribution in [1.29, 1.82) is 0 Å². The average molecular weight is 326 g/mol. The third-order valence-corrected chi connectivity index (χ3v) is 3.72. The van der Waals surface area contributed by atoms with E-state index in [4.69, 9.17) is 5.84 Å². The lowest BCUT2D eigenvalue weighted by molar-refractivity contribution is 0.463. The molecule has 2 nitrogen and oxygen atoms in total. The van der Waals surface area contributed by atoms with Gasteiger partial charge >= 0.3 is 0 Å². The fourth-order valence-electron chi connectivity index (χ4n) is 2.43. The third kappa shape index (κ3) is 3.47. The molecule has 2 rings (SSSR count). The molecule has 0 radical (unpaired) electrons. The fourth-order valence-corrected chi connectivity index (χ4v) is 2.43. The molecule has 0 unspecified atom stereocenters. The molecule has 0 fully saturated rings. The van der Waals surface area contributed by atoms with Crippen LogP contribution in [-0.2, 0) is 6.42 Å². The molecule has 3 N–H and O–H groups in total. The van der Waals surface area contributed by atoms with Gasteiger partial charge in [0.05, 0.1) is 5.56 Å². The van der Waals surface area contributed by atoms with Crippen molar-refractivity contribution in [1.82, 2.24) is 0 Å².